The molecule has 0 atom stereocenters. The molecule has 4 nitrogen and oxygen atoms in total. The van der Waals surface area contributed by atoms with Crippen LogP contribution < -0.4 is 5.73 Å². The summed E-state index contributed by atoms with van der Waals surface area (Å²) < 4.78 is 0. The van der Waals surface area contributed by atoms with Gasteiger partial charge in [-0.25, -0.2) is 4.98 Å². The van der Waals surface area contributed by atoms with Gasteiger partial charge in [-0.2, -0.15) is 0 Å². The largest absolute Gasteiger partial charge is 0.409 e. The first-order valence-electron chi connectivity index (χ1n) is 4.43. The molecule has 0 aliphatic heterocycles. The predicted octanol–water partition coefficient (Wildman–Crippen LogP) is 2.35. The van der Waals surface area contributed by atoms with Gasteiger partial charge in [0.1, 0.15) is 5.84 Å². The van der Waals surface area contributed by atoms with Gasteiger partial charge >= 0.3 is 0 Å². The summed E-state index contributed by atoms with van der Waals surface area (Å²) >= 11 is 7.32. The van der Waals surface area contributed by atoms with Crippen LogP contribution in [0.5, 0.6) is 0 Å². The third kappa shape index (κ3) is 4.90. The van der Waals surface area contributed by atoms with Gasteiger partial charge < -0.3 is 10.9 Å². The molecule has 0 saturated carbocycles. The minimum absolute atomic E-state index is 0.264. The molecule has 0 spiro atoms. The Balaban J connectivity index is 2.23. The second-order valence-electron chi connectivity index (χ2n) is 2.86. The summed E-state index contributed by atoms with van der Waals surface area (Å²) in [6, 6.07) is 3.68. The van der Waals surface area contributed by atoms with E-state index in [1.807, 2.05) is 6.07 Å². The minimum Gasteiger partial charge on any atom is -0.409 e. The number of oxime groups is 1. The zero-order valence-corrected chi connectivity index (χ0v) is 9.63. The Labute approximate surface area is 97.5 Å². The van der Waals surface area contributed by atoms with E-state index in [1.165, 1.54) is 0 Å². The van der Waals surface area contributed by atoms with Gasteiger partial charge in [-0.15, -0.1) is 11.8 Å². The fraction of sp³-hybridized carbons (Fsp3) is 0.333. The van der Waals surface area contributed by atoms with Crippen LogP contribution in [0.4, 0.5) is 0 Å². The van der Waals surface area contributed by atoms with Gasteiger partial charge in [0.15, 0.2) is 0 Å². The van der Waals surface area contributed by atoms with Crippen molar-refractivity contribution in [3.63, 3.8) is 0 Å². The molecule has 3 N–H and O–H groups in total. The van der Waals surface area contributed by atoms with Crippen LogP contribution >= 0.6 is 23.4 Å². The van der Waals surface area contributed by atoms with Crippen molar-refractivity contribution in [1.82, 2.24) is 4.98 Å². The molecular formula is C9H12ClN3OS. The summed E-state index contributed by atoms with van der Waals surface area (Å²) in [4.78, 5) is 4.14. The maximum atomic E-state index is 8.31. The highest BCUT2D eigenvalue weighted by molar-refractivity contribution is 7.99. The van der Waals surface area contributed by atoms with E-state index in [2.05, 4.69) is 10.1 Å². The first-order valence-corrected chi connectivity index (χ1v) is 5.79. The standard InChI is InChI=1S/C9H12ClN3OS/c10-7-3-4-9(12-6-7)15-5-1-2-8(11)13-14/h3-4,6,14H,1-2,5H2,(H2,11,13). The maximum Gasteiger partial charge on any atom is 0.139 e. The number of hydrogen-bond acceptors (Lipinski definition) is 4. The van der Waals surface area contributed by atoms with Gasteiger partial charge in [-0.05, 0) is 24.3 Å². The molecule has 0 saturated heterocycles. The summed E-state index contributed by atoms with van der Waals surface area (Å²) in [6.45, 7) is 0. The summed E-state index contributed by atoms with van der Waals surface area (Å²) in [5.41, 5.74) is 5.33. The van der Waals surface area contributed by atoms with E-state index in [1.54, 1.807) is 24.0 Å². The third-order valence-electron chi connectivity index (χ3n) is 1.66. The van der Waals surface area contributed by atoms with Crippen LogP contribution in [0.3, 0.4) is 0 Å². The molecule has 15 heavy (non-hydrogen) atoms. The van der Waals surface area contributed by atoms with Crippen LogP contribution in [0.2, 0.25) is 5.02 Å². The number of hydrogen-bond donors (Lipinski definition) is 2. The smallest absolute Gasteiger partial charge is 0.139 e. The summed E-state index contributed by atoms with van der Waals surface area (Å²) in [7, 11) is 0. The highest BCUT2D eigenvalue weighted by Gasteiger charge is 1.97. The van der Waals surface area contributed by atoms with Crippen LogP contribution in [-0.4, -0.2) is 21.8 Å². The molecule has 0 aliphatic carbocycles. The lowest BCUT2D eigenvalue weighted by molar-refractivity contribution is 0.317. The Hall–Kier alpha value is -0.940. The number of thioether (sulfide) groups is 1. The quantitative estimate of drug-likeness (QED) is 0.209. The molecule has 0 fully saturated rings. The molecular weight excluding hydrogens is 234 g/mol. The number of rotatable bonds is 5. The Bertz CT molecular complexity index is 329. The first-order chi connectivity index (χ1) is 7.22. The van der Waals surface area contributed by atoms with Crippen LogP contribution in [0, 0.1) is 0 Å². The highest BCUT2D eigenvalue weighted by Crippen LogP contribution is 2.18. The lowest BCUT2D eigenvalue weighted by atomic mass is 10.3. The van der Waals surface area contributed by atoms with Crippen molar-refractivity contribution in [2.75, 3.05) is 5.75 Å². The van der Waals surface area contributed by atoms with Crippen molar-refractivity contribution in [3.8, 4) is 0 Å². The average Bonchev–Trinajstić information content (AvgIpc) is 2.26. The second kappa shape index (κ2) is 6.53. The predicted molar refractivity (Wildman–Crippen MR) is 62.6 cm³/mol. The Morgan fingerprint density at radius 3 is 3.00 bits per heavy atom. The van der Waals surface area contributed by atoms with Crippen molar-refractivity contribution < 1.29 is 5.21 Å². The normalized spacial score (nSPS) is 11.7. The van der Waals surface area contributed by atoms with Crippen LogP contribution in [0.15, 0.2) is 28.5 Å². The molecule has 0 unspecified atom stereocenters. The number of halogens is 1. The van der Waals surface area contributed by atoms with Crippen molar-refractivity contribution in [2.45, 2.75) is 17.9 Å². The zero-order chi connectivity index (χ0) is 11.1. The van der Waals surface area contributed by atoms with E-state index in [0.717, 1.165) is 17.2 Å². The van der Waals surface area contributed by atoms with Gasteiger partial charge in [0.05, 0.1) is 10.0 Å². The molecule has 1 rings (SSSR count). The van der Waals surface area contributed by atoms with E-state index < -0.39 is 0 Å². The maximum absolute atomic E-state index is 8.31. The van der Waals surface area contributed by atoms with Crippen LogP contribution in [0.25, 0.3) is 0 Å². The number of aromatic nitrogens is 1. The Morgan fingerprint density at radius 2 is 2.40 bits per heavy atom. The second-order valence-corrected chi connectivity index (χ2v) is 4.41. The highest BCUT2D eigenvalue weighted by atomic mass is 35.5. The third-order valence-corrected chi connectivity index (χ3v) is 2.91. The molecule has 0 aliphatic rings. The van der Waals surface area contributed by atoms with Gasteiger partial charge in [0.25, 0.3) is 0 Å². The summed E-state index contributed by atoms with van der Waals surface area (Å²) in [5, 5.41) is 12.8. The summed E-state index contributed by atoms with van der Waals surface area (Å²) in [6.07, 6.45) is 3.06. The first kappa shape index (κ1) is 12.1. The van der Waals surface area contributed by atoms with E-state index in [-0.39, 0.29) is 5.84 Å². The average molecular weight is 246 g/mol. The molecule has 6 heteroatoms. The Morgan fingerprint density at radius 1 is 1.60 bits per heavy atom. The topological polar surface area (TPSA) is 71.5 Å². The molecule has 1 heterocycles. The van der Waals surface area contributed by atoms with Gasteiger partial charge in [-0.3, -0.25) is 0 Å². The van der Waals surface area contributed by atoms with Crippen molar-refractivity contribution in [3.05, 3.63) is 23.4 Å². The van der Waals surface area contributed by atoms with E-state index >= 15 is 0 Å². The molecule has 0 aromatic carbocycles. The molecule has 0 radical (unpaired) electrons. The van der Waals surface area contributed by atoms with E-state index in [4.69, 9.17) is 22.5 Å². The number of amidine groups is 1. The zero-order valence-electron chi connectivity index (χ0n) is 8.06. The lowest BCUT2D eigenvalue weighted by Crippen LogP contribution is -2.11. The van der Waals surface area contributed by atoms with Gasteiger partial charge in [0.2, 0.25) is 0 Å². The molecule has 0 bridgehead atoms. The molecule has 1 aromatic heterocycles. The van der Waals surface area contributed by atoms with E-state index in [0.29, 0.717) is 11.4 Å². The van der Waals surface area contributed by atoms with Crippen molar-refractivity contribution >= 4 is 29.2 Å². The fourth-order valence-electron chi connectivity index (χ4n) is 0.928. The monoisotopic (exact) mass is 245 g/mol. The van der Waals surface area contributed by atoms with Crippen LogP contribution in [-0.2, 0) is 0 Å². The number of pyridine rings is 1. The fourth-order valence-corrected chi connectivity index (χ4v) is 1.83. The Kier molecular flexibility index (Phi) is 5.28. The molecule has 0 amide bonds. The van der Waals surface area contributed by atoms with Crippen molar-refractivity contribution in [2.24, 2.45) is 10.9 Å². The SMILES string of the molecule is NC(CCCSc1ccc(Cl)cn1)=NO. The number of nitrogens with zero attached hydrogens (tertiary/aromatic N) is 2. The van der Waals surface area contributed by atoms with Crippen molar-refractivity contribution in [1.29, 1.82) is 0 Å². The molecule has 1 aromatic rings. The minimum atomic E-state index is 0.264. The van der Waals surface area contributed by atoms with Crippen LogP contribution in [0.1, 0.15) is 12.8 Å². The number of nitrogens with two attached hydrogens (primary N) is 1. The lowest BCUT2D eigenvalue weighted by Gasteiger charge is -2.00. The summed E-state index contributed by atoms with van der Waals surface area (Å²) in [5.74, 6) is 1.14. The van der Waals surface area contributed by atoms with Gasteiger partial charge in [-0.1, -0.05) is 16.8 Å². The molecule has 82 valence electrons. The van der Waals surface area contributed by atoms with Gasteiger partial charge in [0, 0.05) is 12.6 Å². The van der Waals surface area contributed by atoms with E-state index in [9.17, 15) is 0 Å².